The van der Waals surface area contributed by atoms with E-state index in [1.807, 2.05) is 6.07 Å². The molecule has 0 radical (unpaired) electrons. The summed E-state index contributed by atoms with van der Waals surface area (Å²) in [5.41, 5.74) is 9.96. The third kappa shape index (κ3) is 3.80. The van der Waals surface area contributed by atoms with Crippen LogP contribution in [0.1, 0.15) is 30.7 Å². The molecule has 5 nitrogen and oxygen atoms in total. The normalized spacial score (nSPS) is 14.5. The highest BCUT2D eigenvalue weighted by Gasteiger charge is 2.33. The third-order valence-electron chi connectivity index (χ3n) is 4.98. The quantitative estimate of drug-likeness (QED) is 0.624. The molecular formula is C22H21ClFN5. The van der Waals surface area contributed by atoms with Gasteiger partial charge in [-0.15, -0.1) is 0 Å². The average molecular weight is 410 g/mol. The molecule has 0 bridgehead atoms. The predicted molar refractivity (Wildman–Crippen MR) is 114 cm³/mol. The first-order chi connectivity index (χ1) is 13.7. The van der Waals surface area contributed by atoms with E-state index in [0.717, 1.165) is 29.8 Å². The Labute approximate surface area is 173 Å². The lowest BCUT2D eigenvalue weighted by Gasteiger charge is -2.16. The average Bonchev–Trinajstić information content (AvgIpc) is 2.98. The minimum Gasteiger partial charge on any atom is -0.399 e. The highest BCUT2D eigenvalue weighted by Crippen LogP contribution is 2.40. The van der Waals surface area contributed by atoms with Gasteiger partial charge in [0, 0.05) is 34.2 Å². The Bertz CT molecular complexity index is 1130. The summed E-state index contributed by atoms with van der Waals surface area (Å²) in [5, 5.41) is 3.78. The third-order valence-corrected chi connectivity index (χ3v) is 5.22. The van der Waals surface area contributed by atoms with Gasteiger partial charge in [0.15, 0.2) is 5.82 Å². The van der Waals surface area contributed by atoms with Crippen molar-refractivity contribution in [2.75, 3.05) is 5.32 Å². The highest BCUT2D eigenvalue weighted by molar-refractivity contribution is 6.30. The van der Waals surface area contributed by atoms with Crippen LogP contribution in [0.4, 0.5) is 15.9 Å². The number of benzene rings is 1. The minimum atomic E-state index is -0.419. The van der Waals surface area contributed by atoms with Crippen molar-refractivity contribution in [2.45, 2.75) is 26.7 Å². The number of aromatic nitrogens is 3. The Morgan fingerprint density at radius 2 is 2.03 bits per heavy atom. The van der Waals surface area contributed by atoms with Gasteiger partial charge in [-0.2, -0.15) is 0 Å². The molecule has 0 aliphatic heterocycles. The smallest absolute Gasteiger partial charge is 0.164 e. The highest BCUT2D eigenvalue weighted by atomic mass is 35.5. The van der Waals surface area contributed by atoms with Crippen LogP contribution in [0.15, 0.2) is 43.2 Å². The molecule has 3 N–H and O–H groups in total. The number of anilines is 2. The Hall–Kier alpha value is -2.99. The standard InChI is InChI=1S/C22H21ClFN5/c1-12(25)16-11-26-7-6-18(16)27-21-15-9-22(2,3)10-19(15)28-20(29-21)14-8-13(23)4-5-17(14)24/h4-8,11H,1,9-10,25H2,2-3H3,(H,26,27,28,29). The summed E-state index contributed by atoms with van der Waals surface area (Å²) >= 11 is 6.09. The molecule has 148 valence electrons. The van der Waals surface area contributed by atoms with Crippen LogP contribution < -0.4 is 11.1 Å². The summed E-state index contributed by atoms with van der Waals surface area (Å²) in [6, 6.07) is 6.18. The van der Waals surface area contributed by atoms with Crippen molar-refractivity contribution in [3.63, 3.8) is 0 Å². The minimum absolute atomic E-state index is 0.0392. The topological polar surface area (TPSA) is 76.7 Å². The number of nitrogens with zero attached hydrogens (tertiary/aromatic N) is 3. The Kier molecular flexibility index (Phi) is 4.74. The molecule has 0 saturated carbocycles. The molecule has 1 aliphatic carbocycles. The summed E-state index contributed by atoms with van der Waals surface area (Å²) in [6.45, 7) is 8.17. The summed E-state index contributed by atoms with van der Waals surface area (Å²) in [4.78, 5) is 13.5. The van der Waals surface area contributed by atoms with Gasteiger partial charge in [0.1, 0.15) is 11.6 Å². The van der Waals surface area contributed by atoms with Crippen LogP contribution in [-0.2, 0) is 12.8 Å². The van der Waals surface area contributed by atoms with Crippen LogP contribution in [-0.4, -0.2) is 15.0 Å². The molecule has 0 saturated heterocycles. The van der Waals surface area contributed by atoms with Gasteiger partial charge in [-0.3, -0.25) is 4.98 Å². The molecule has 2 aromatic heterocycles. The van der Waals surface area contributed by atoms with Crippen LogP contribution in [0.3, 0.4) is 0 Å². The van der Waals surface area contributed by atoms with Gasteiger partial charge in [0.25, 0.3) is 0 Å². The number of nitrogens with one attached hydrogen (secondary N) is 1. The molecule has 0 spiro atoms. The molecule has 7 heteroatoms. The number of halogens is 2. The molecule has 29 heavy (non-hydrogen) atoms. The van der Waals surface area contributed by atoms with Gasteiger partial charge in [-0.25, -0.2) is 14.4 Å². The van der Waals surface area contributed by atoms with E-state index in [0.29, 0.717) is 27.9 Å². The van der Waals surface area contributed by atoms with Gasteiger partial charge in [0.05, 0.1) is 16.9 Å². The first-order valence-electron chi connectivity index (χ1n) is 9.24. The fourth-order valence-electron chi connectivity index (χ4n) is 3.64. The summed E-state index contributed by atoms with van der Waals surface area (Å²) in [5.74, 6) is 0.507. The van der Waals surface area contributed by atoms with Gasteiger partial charge < -0.3 is 11.1 Å². The molecule has 0 unspecified atom stereocenters. The summed E-state index contributed by atoms with van der Waals surface area (Å²) < 4.78 is 14.5. The molecule has 2 heterocycles. The molecule has 1 aromatic carbocycles. The van der Waals surface area contributed by atoms with Crippen molar-refractivity contribution in [3.8, 4) is 11.4 Å². The lowest BCUT2D eigenvalue weighted by molar-refractivity contribution is 0.391. The number of hydrogen-bond donors (Lipinski definition) is 2. The molecule has 3 aromatic rings. The zero-order chi connectivity index (χ0) is 20.8. The number of nitrogens with two attached hydrogens (primary N) is 1. The lowest BCUT2D eigenvalue weighted by Crippen LogP contribution is -2.10. The van der Waals surface area contributed by atoms with Crippen molar-refractivity contribution in [2.24, 2.45) is 11.1 Å². The molecular weight excluding hydrogens is 389 g/mol. The second kappa shape index (κ2) is 7.12. The summed E-state index contributed by atoms with van der Waals surface area (Å²) in [6.07, 6.45) is 4.90. The van der Waals surface area contributed by atoms with E-state index in [9.17, 15) is 4.39 Å². The van der Waals surface area contributed by atoms with E-state index in [-0.39, 0.29) is 11.0 Å². The van der Waals surface area contributed by atoms with E-state index in [1.165, 1.54) is 12.1 Å². The van der Waals surface area contributed by atoms with Crippen molar-refractivity contribution in [1.82, 2.24) is 15.0 Å². The van der Waals surface area contributed by atoms with Crippen molar-refractivity contribution in [3.05, 3.63) is 70.9 Å². The summed E-state index contributed by atoms with van der Waals surface area (Å²) in [7, 11) is 0. The SMILES string of the molecule is C=C(N)c1cnccc1Nc1nc(-c2cc(Cl)ccc2F)nc2c1CC(C)(C)C2. The van der Waals surface area contributed by atoms with Gasteiger partial charge in [-0.1, -0.05) is 32.0 Å². The number of rotatable bonds is 4. The fourth-order valence-corrected chi connectivity index (χ4v) is 3.81. The number of pyridine rings is 1. The number of fused-ring (bicyclic) bond motifs is 1. The zero-order valence-electron chi connectivity index (χ0n) is 16.3. The van der Waals surface area contributed by atoms with Gasteiger partial charge in [-0.05, 0) is 42.5 Å². The van der Waals surface area contributed by atoms with E-state index >= 15 is 0 Å². The lowest BCUT2D eigenvalue weighted by atomic mass is 9.90. The molecule has 0 amide bonds. The van der Waals surface area contributed by atoms with Crippen LogP contribution in [0.2, 0.25) is 5.02 Å². The van der Waals surface area contributed by atoms with Crippen LogP contribution >= 0.6 is 11.6 Å². The van der Waals surface area contributed by atoms with Gasteiger partial charge >= 0.3 is 0 Å². The van der Waals surface area contributed by atoms with Crippen molar-refractivity contribution < 1.29 is 4.39 Å². The largest absolute Gasteiger partial charge is 0.399 e. The predicted octanol–water partition coefficient (Wildman–Crippen LogP) is 5.13. The maximum absolute atomic E-state index is 14.5. The van der Waals surface area contributed by atoms with Crippen LogP contribution in [0.25, 0.3) is 17.1 Å². The zero-order valence-corrected chi connectivity index (χ0v) is 17.0. The van der Waals surface area contributed by atoms with Crippen LogP contribution in [0, 0.1) is 11.2 Å². The van der Waals surface area contributed by atoms with Crippen molar-refractivity contribution >= 4 is 28.8 Å². The Balaban J connectivity index is 1.87. The molecule has 1 aliphatic rings. The number of hydrogen-bond acceptors (Lipinski definition) is 5. The second-order valence-corrected chi connectivity index (χ2v) is 8.47. The molecule has 0 atom stereocenters. The first kappa shape index (κ1) is 19.3. The fraction of sp³-hybridized carbons (Fsp3) is 0.227. The second-order valence-electron chi connectivity index (χ2n) is 8.03. The van der Waals surface area contributed by atoms with E-state index < -0.39 is 5.82 Å². The monoisotopic (exact) mass is 409 g/mol. The van der Waals surface area contributed by atoms with E-state index in [2.05, 4.69) is 40.7 Å². The van der Waals surface area contributed by atoms with Crippen molar-refractivity contribution in [1.29, 1.82) is 0 Å². The van der Waals surface area contributed by atoms with E-state index in [4.69, 9.17) is 17.3 Å². The molecule has 0 fully saturated rings. The molecule has 4 rings (SSSR count). The van der Waals surface area contributed by atoms with E-state index in [1.54, 1.807) is 18.5 Å². The maximum Gasteiger partial charge on any atom is 0.164 e. The first-order valence-corrected chi connectivity index (χ1v) is 9.62. The Morgan fingerprint density at radius 3 is 2.79 bits per heavy atom. The van der Waals surface area contributed by atoms with Crippen LogP contribution in [0.5, 0.6) is 0 Å². The Morgan fingerprint density at radius 1 is 1.24 bits per heavy atom. The van der Waals surface area contributed by atoms with Gasteiger partial charge in [0.2, 0.25) is 0 Å². The maximum atomic E-state index is 14.5.